The SMILES string of the molecule is CCCCNC(=O)[C@@H](Cc1ccccc1)N(Cc1ccccc1C)C(=O)CSCc1c(Cl)cccc1Cl. The highest BCUT2D eigenvalue weighted by molar-refractivity contribution is 7.99. The number of hydrogen-bond acceptors (Lipinski definition) is 3. The van der Waals surface area contributed by atoms with E-state index in [0.29, 0.717) is 35.3 Å². The van der Waals surface area contributed by atoms with Crippen molar-refractivity contribution in [2.75, 3.05) is 12.3 Å². The van der Waals surface area contributed by atoms with E-state index >= 15 is 0 Å². The van der Waals surface area contributed by atoms with Gasteiger partial charge in [0.25, 0.3) is 0 Å². The summed E-state index contributed by atoms with van der Waals surface area (Å²) in [5.74, 6) is 0.497. The predicted molar refractivity (Wildman–Crippen MR) is 156 cm³/mol. The maximum atomic E-state index is 13.7. The summed E-state index contributed by atoms with van der Waals surface area (Å²) in [5, 5.41) is 4.23. The van der Waals surface area contributed by atoms with E-state index in [0.717, 1.165) is 35.1 Å². The third-order valence-corrected chi connectivity index (χ3v) is 7.89. The van der Waals surface area contributed by atoms with Gasteiger partial charge in [-0.05, 0) is 47.7 Å². The summed E-state index contributed by atoms with van der Waals surface area (Å²) in [6, 6.07) is 22.6. The number of carbonyl (C=O) groups is 2. The molecule has 1 N–H and O–H groups in total. The van der Waals surface area contributed by atoms with Crippen LogP contribution in [0.4, 0.5) is 0 Å². The van der Waals surface area contributed by atoms with Gasteiger partial charge in [0.15, 0.2) is 0 Å². The second-order valence-electron chi connectivity index (χ2n) is 8.99. The number of aryl methyl sites for hydroxylation is 1. The average Bonchev–Trinajstić information content (AvgIpc) is 2.89. The van der Waals surface area contributed by atoms with E-state index in [1.807, 2.05) is 61.5 Å². The minimum absolute atomic E-state index is 0.0944. The summed E-state index contributed by atoms with van der Waals surface area (Å²) in [6.45, 7) is 5.06. The van der Waals surface area contributed by atoms with Crippen LogP contribution in [0.2, 0.25) is 10.0 Å². The first-order valence-electron chi connectivity index (χ1n) is 12.6. The fourth-order valence-electron chi connectivity index (χ4n) is 4.02. The Hall–Kier alpha value is -2.47. The number of benzene rings is 3. The molecule has 196 valence electrons. The van der Waals surface area contributed by atoms with Crippen molar-refractivity contribution in [2.24, 2.45) is 0 Å². The zero-order chi connectivity index (χ0) is 26.6. The van der Waals surface area contributed by atoms with Crippen molar-refractivity contribution in [3.8, 4) is 0 Å². The van der Waals surface area contributed by atoms with E-state index in [1.54, 1.807) is 23.1 Å². The minimum atomic E-state index is -0.629. The number of rotatable bonds is 13. The molecule has 0 heterocycles. The molecule has 1 atom stereocenters. The zero-order valence-electron chi connectivity index (χ0n) is 21.4. The maximum absolute atomic E-state index is 13.7. The predicted octanol–water partition coefficient (Wildman–Crippen LogP) is 7.09. The highest BCUT2D eigenvalue weighted by Crippen LogP contribution is 2.28. The van der Waals surface area contributed by atoms with Crippen LogP contribution in [0.25, 0.3) is 0 Å². The minimum Gasteiger partial charge on any atom is -0.354 e. The Morgan fingerprint density at radius 3 is 2.30 bits per heavy atom. The second kappa shape index (κ2) is 15.1. The molecule has 7 heteroatoms. The van der Waals surface area contributed by atoms with Crippen LogP contribution in [0, 0.1) is 6.92 Å². The van der Waals surface area contributed by atoms with E-state index in [2.05, 4.69) is 12.2 Å². The van der Waals surface area contributed by atoms with Gasteiger partial charge in [0.2, 0.25) is 11.8 Å². The maximum Gasteiger partial charge on any atom is 0.243 e. The number of nitrogens with zero attached hydrogens (tertiary/aromatic N) is 1. The standard InChI is InChI=1S/C30H34Cl2N2O2S/c1-3-4-17-33-30(36)28(18-23-12-6-5-7-13-23)34(19-24-14-9-8-11-22(24)2)29(35)21-37-20-25-26(31)15-10-16-27(25)32/h5-16,28H,3-4,17-21H2,1-2H3,(H,33,36)/t28-/m1/s1. The lowest BCUT2D eigenvalue weighted by molar-refractivity contribution is -0.139. The number of nitrogens with one attached hydrogen (secondary N) is 1. The van der Waals surface area contributed by atoms with Gasteiger partial charge in [0, 0.05) is 35.3 Å². The van der Waals surface area contributed by atoms with Crippen LogP contribution in [-0.2, 0) is 28.3 Å². The van der Waals surface area contributed by atoms with E-state index in [9.17, 15) is 9.59 Å². The summed E-state index contributed by atoms with van der Waals surface area (Å²) in [5.41, 5.74) is 3.93. The smallest absolute Gasteiger partial charge is 0.243 e. The van der Waals surface area contributed by atoms with Gasteiger partial charge >= 0.3 is 0 Å². The van der Waals surface area contributed by atoms with Gasteiger partial charge in [0.05, 0.1) is 5.75 Å². The van der Waals surface area contributed by atoms with Crippen molar-refractivity contribution in [3.63, 3.8) is 0 Å². The van der Waals surface area contributed by atoms with E-state index in [1.165, 1.54) is 11.8 Å². The Kier molecular flexibility index (Phi) is 11.8. The Morgan fingerprint density at radius 2 is 1.62 bits per heavy atom. The van der Waals surface area contributed by atoms with Crippen LogP contribution in [-0.4, -0.2) is 35.1 Å². The van der Waals surface area contributed by atoms with Crippen molar-refractivity contribution in [1.29, 1.82) is 0 Å². The number of amides is 2. The van der Waals surface area contributed by atoms with Gasteiger partial charge in [-0.2, -0.15) is 0 Å². The first-order chi connectivity index (χ1) is 17.9. The molecule has 0 unspecified atom stereocenters. The summed E-state index contributed by atoms with van der Waals surface area (Å²) < 4.78 is 0. The second-order valence-corrected chi connectivity index (χ2v) is 10.8. The highest BCUT2D eigenvalue weighted by atomic mass is 35.5. The molecule has 0 bridgehead atoms. The Morgan fingerprint density at radius 1 is 0.946 bits per heavy atom. The fourth-order valence-corrected chi connectivity index (χ4v) is 5.67. The van der Waals surface area contributed by atoms with Gasteiger partial charge < -0.3 is 10.2 Å². The molecule has 0 aliphatic rings. The molecule has 2 amide bonds. The third kappa shape index (κ3) is 8.80. The molecule has 0 radical (unpaired) electrons. The zero-order valence-corrected chi connectivity index (χ0v) is 23.7. The molecule has 0 fully saturated rings. The molecule has 0 saturated heterocycles. The largest absolute Gasteiger partial charge is 0.354 e. The fraction of sp³-hybridized carbons (Fsp3) is 0.333. The molecule has 0 aliphatic carbocycles. The molecule has 0 aromatic heterocycles. The van der Waals surface area contributed by atoms with Gasteiger partial charge in [0.1, 0.15) is 6.04 Å². The summed E-state index contributed by atoms with van der Waals surface area (Å²) in [7, 11) is 0. The van der Waals surface area contributed by atoms with Crippen LogP contribution in [0.3, 0.4) is 0 Å². The molecule has 3 aromatic carbocycles. The van der Waals surface area contributed by atoms with Gasteiger partial charge in [-0.15, -0.1) is 11.8 Å². The normalized spacial score (nSPS) is 11.7. The van der Waals surface area contributed by atoms with Gasteiger partial charge in [-0.1, -0.05) is 97.2 Å². The average molecular weight is 558 g/mol. The van der Waals surface area contributed by atoms with E-state index in [4.69, 9.17) is 23.2 Å². The molecule has 0 saturated carbocycles. The highest BCUT2D eigenvalue weighted by Gasteiger charge is 2.30. The molecule has 4 nitrogen and oxygen atoms in total. The van der Waals surface area contributed by atoms with Crippen molar-refractivity contribution >= 4 is 46.8 Å². The Balaban J connectivity index is 1.86. The van der Waals surface area contributed by atoms with Crippen LogP contribution in [0.1, 0.15) is 42.0 Å². The van der Waals surface area contributed by atoms with Gasteiger partial charge in [-0.25, -0.2) is 0 Å². The van der Waals surface area contributed by atoms with Crippen LogP contribution in [0.5, 0.6) is 0 Å². The van der Waals surface area contributed by atoms with E-state index in [-0.39, 0.29) is 17.6 Å². The first-order valence-corrected chi connectivity index (χ1v) is 14.5. The molecule has 3 aromatic rings. The summed E-state index contributed by atoms with van der Waals surface area (Å²) >= 11 is 14.1. The van der Waals surface area contributed by atoms with Crippen molar-refractivity contribution in [2.45, 2.75) is 51.4 Å². The molecule has 0 spiro atoms. The van der Waals surface area contributed by atoms with Gasteiger partial charge in [-0.3, -0.25) is 9.59 Å². The van der Waals surface area contributed by atoms with Crippen molar-refractivity contribution in [1.82, 2.24) is 10.2 Å². The topological polar surface area (TPSA) is 49.4 Å². The number of thioether (sulfide) groups is 1. The molecule has 37 heavy (non-hydrogen) atoms. The number of unbranched alkanes of at least 4 members (excludes halogenated alkanes) is 1. The summed E-state index contributed by atoms with van der Waals surface area (Å²) in [6.07, 6.45) is 2.32. The van der Waals surface area contributed by atoms with Crippen molar-refractivity contribution in [3.05, 3.63) is 105 Å². The third-order valence-electron chi connectivity index (χ3n) is 6.24. The Bertz CT molecular complexity index is 1150. The lowest BCUT2D eigenvalue weighted by Gasteiger charge is -2.32. The molecule has 3 rings (SSSR count). The molecular weight excluding hydrogens is 523 g/mol. The van der Waals surface area contributed by atoms with Crippen LogP contribution < -0.4 is 5.32 Å². The molecule has 0 aliphatic heterocycles. The Labute approximate surface area is 234 Å². The first kappa shape index (κ1) is 29.1. The van der Waals surface area contributed by atoms with E-state index < -0.39 is 6.04 Å². The lowest BCUT2D eigenvalue weighted by Crippen LogP contribution is -2.51. The summed E-state index contributed by atoms with van der Waals surface area (Å²) in [4.78, 5) is 29.0. The number of hydrogen-bond donors (Lipinski definition) is 1. The number of halogens is 2. The van der Waals surface area contributed by atoms with Crippen LogP contribution >= 0.6 is 35.0 Å². The van der Waals surface area contributed by atoms with Crippen molar-refractivity contribution < 1.29 is 9.59 Å². The van der Waals surface area contributed by atoms with Crippen LogP contribution in [0.15, 0.2) is 72.8 Å². The lowest BCUT2D eigenvalue weighted by atomic mass is 10.0. The number of carbonyl (C=O) groups excluding carboxylic acids is 2. The molecular formula is C30H34Cl2N2O2S. The quantitative estimate of drug-likeness (QED) is 0.228. The monoisotopic (exact) mass is 556 g/mol.